The number of rotatable bonds is 1. The lowest BCUT2D eigenvalue weighted by Gasteiger charge is -2.28. The minimum absolute atomic E-state index is 0.206. The lowest BCUT2D eigenvalue weighted by atomic mass is 9.89. The topological polar surface area (TPSA) is 29.1 Å². The Labute approximate surface area is 94.7 Å². The number of ketones is 1. The predicted molar refractivity (Wildman–Crippen MR) is 64.6 cm³/mol. The number of nitrogens with one attached hydrogen (secondary N) is 1. The first-order valence-electron chi connectivity index (χ1n) is 5.58. The second-order valence-corrected chi connectivity index (χ2v) is 4.27. The Morgan fingerprint density at radius 2 is 1.88 bits per heavy atom. The smallest absolute Gasteiger partial charge is 0.167 e. The van der Waals surface area contributed by atoms with E-state index in [1.165, 1.54) is 0 Å². The molecule has 1 N–H and O–H groups in total. The van der Waals surface area contributed by atoms with Crippen LogP contribution >= 0.6 is 0 Å². The number of anilines is 1. The maximum absolute atomic E-state index is 12.0. The van der Waals surface area contributed by atoms with Gasteiger partial charge in [-0.25, -0.2) is 0 Å². The number of hydrogen-bond acceptors (Lipinski definition) is 2. The lowest BCUT2D eigenvalue weighted by Crippen LogP contribution is -2.33. The highest BCUT2D eigenvalue weighted by molar-refractivity contribution is 6.03. The fourth-order valence-corrected chi connectivity index (χ4v) is 2.36. The summed E-state index contributed by atoms with van der Waals surface area (Å²) in [5.74, 6) is 0.588. The number of carbonyl (C=O) groups is 1. The van der Waals surface area contributed by atoms with Crippen molar-refractivity contribution < 1.29 is 4.79 Å². The summed E-state index contributed by atoms with van der Waals surface area (Å²) in [6.07, 6.45) is 8.93. The molecule has 1 aliphatic carbocycles. The van der Waals surface area contributed by atoms with Crippen LogP contribution < -0.4 is 5.32 Å². The third-order valence-electron chi connectivity index (χ3n) is 3.22. The Hall–Kier alpha value is -1.83. The van der Waals surface area contributed by atoms with Crippen molar-refractivity contribution in [2.75, 3.05) is 5.32 Å². The normalized spacial score (nSPS) is 23.2. The van der Waals surface area contributed by atoms with E-state index in [4.69, 9.17) is 0 Å². The first kappa shape index (κ1) is 9.40. The molecule has 0 aromatic heterocycles. The average molecular weight is 211 g/mol. The molecule has 0 amide bonds. The summed E-state index contributed by atoms with van der Waals surface area (Å²) in [6, 6.07) is 7.94. The van der Waals surface area contributed by atoms with E-state index in [0.717, 1.165) is 11.3 Å². The second kappa shape index (κ2) is 3.63. The molecule has 0 radical (unpaired) electrons. The van der Waals surface area contributed by atoms with Crippen LogP contribution in [0.4, 0.5) is 5.69 Å². The monoisotopic (exact) mass is 211 g/mol. The Morgan fingerprint density at radius 3 is 2.69 bits per heavy atom. The summed E-state index contributed by atoms with van der Waals surface area (Å²) in [7, 11) is 0. The predicted octanol–water partition coefficient (Wildman–Crippen LogP) is 2.80. The first-order chi connectivity index (χ1) is 7.84. The average Bonchev–Trinajstić information content (AvgIpc) is 2.82. The Morgan fingerprint density at radius 1 is 1.12 bits per heavy atom. The SMILES string of the molecule is O=C1CC(C2C=CC=C2)Nc2ccccc21. The van der Waals surface area contributed by atoms with E-state index in [-0.39, 0.29) is 11.8 Å². The van der Waals surface area contributed by atoms with Crippen LogP contribution in [0, 0.1) is 5.92 Å². The second-order valence-electron chi connectivity index (χ2n) is 4.27. The molecule has 0 bridgehead atoms. The van der Waals surface area contributed by atoms with Crippen LogP contribution in [0.2, 0.25) is 0 Å². The molecule has 2 heteroatoms. The van der Waals surface area contributed by atoms with Crippen LogP contribution in [0.3, 0.4) is 0 Å². The fraction of sp³-hybridized carbons (Fsp3) is 0.214. The zero-order valence-corrected chi connectivity index (χ0v) is 8.89. The van der Waals surface area contributed by atoms with Crippen LogP contribution in [0.25, 0.3) is 0 Å². The summed E-state index contributed by atoms with van der Waals surface area (Å²) in [4.78, 5) is 12.0. The summed E-state index contributed by atoms with van der Waals surface area (Å²) >= 11 is 0. The van der Waals surface area contributed by atoms with Crippen molar-refractivity contribution in [3.63, 3.8) is 0 Å². The summed E-state index contributed by atoms with van der Waals surface area (Å²) in [6.45, 7) is 0. The van der Waals surface area contributed by atoms with E-state index in [9.17, 15) is 4.79 Å². The van der Waals surface area contributed by atoms with Gasteiger partial charge in [0.15, 0.2) is 5.78 Å². The van der Waals surface area contributed by atoms with Gasteiger partial charge in [-0.3, -0.25) is 4.79 Å². The van der Waals surface area contributed by atoms with Crippen molar-refractivity contribution in [3.8, 4) is 0 Å². The number of hydrogen-bond donors (Lipinski definition) is 1. The molecule has 1 atom stereocenters. The molecule has 2 aliphatic rings. The molecule has 0 saturated carbocycles. The van der Waals surface area contributed by atoms with Crippen molar-refractivity contribution in [1.82, 2.24) is 0 Å². The summed E-state index contributed by atoms with van der Waals surface area (Å²) in [5, 5.41) is 3.45. The fourth-order valence-electron chi connectivity index (χ4n) is 2.36. The van der Waals surface area contributed by atoms with Gasteiger partial charge >= 0.3 is 0 Å². The molecule has 1 unspecified atom stereocenters. The van der Waals surface area contributed by atoms with Gasteiger partial charge in [-0.1, -0.05) is 36.4 Å². The van der Waals surface area contributed by atoms with Crippen LogP contribution in [0.15, 0.2) is 48.6 Å². The summed E-state index contributed by atoms with van der Waals surface area (Å²) in [5.41, 5.74) is 1.79. The minimum atomic E-state index is 0.206. The van der Waals surface area contributed by atoms with Gasteiger partial charge in [0.05, 0.1) is 0 Å². The largest absolute Gasteiger partial charge is 0.380 e. The number of Topliss-reactive ketones (excluding diaryl/α,β-unsaturated/α-hetero) is 1. The van der Waals surface area contributed by atoms with Gasteiger partial charge in [0.1, 0.15) is 0 Å². The van der Waals surface area contributed by atoms with E-state index in [2.05, 4.69) is 17.5 Å². The summed E-state index contributed by atoms with van der Waals surface area (Å²) < 4.78 is 0. The minimum Gasteiger partial charge on any atom is -0.380 e. The lowest BCUT2D eigenvalue weighted by molar-refractivity contribution is 0.0969. The van der Waals surface area contributed by atoms with Gasteiger partial charge < -0.3 is 5.32 Å². The Balaban J connectivity index is 1.92. The molecule has 0 fully saturated rings. The van der Waals surface area contributed by atoms with Crippen LogP contribution in [-0.4, -0.2) is 11.8 Å². The molecular formula is C14H13NO. The highest BCUT2D eigenvalue weighted by atomic mass is 16.1. The molecule has 1 aromatic rings. The van der Waals surface area contributed by atoms with Gasteiger partial charge in [-0.2, -0.15) is 0 Å². The van der Waals surface area contributed by atoms with Crippen LogP contribution in [0.1, 0.15) is 16.8 Å². The molecule has 1 aliphatic heterocycles. The van der Waals surface area contributed by atoms with Crippen molar-refractivity contribution in [2.45, 2.75) is 12.5 Å². The molecule has 2 nitrogen and oxygen atoms in total. The van der Waals surface area contributed by atoms with E-state index < -0.39 is 0 Å². The first-order valence-corrected chi connectivity index (χ1v) is 5.58. The molecule has 16 heavy (non-hydrogen) atoms. The van der Waals surface area contributed by atoms with Crippen molar-refractivity contribution in [3.05, 3.63) is 54.1 Å². The van der Waals surface area contributed by atoms with E-state index in [1.54, 1.807) is 0 Å². The molecule has 3 rings (SSSR count). The van der Waals surface area contributed by atoms with Gasteiger partial charge in [-0.15, -0.1) is 0 Å². The quantitative estimate of drug-likeness (QED) is 0.773. The Bertz CT molecular complexity index is 475. The molecule has 0 saturated heterocycles. The van der Waals surface area contributed by atoms with E-state index in [1.807, 2.05) is 36.4 Å². The zero-order valence-electron chi connectivity index (χ0n) is 8.89. The van der Waals surface area contributed by atoms with Gasteiger partial charge in [0.25, 0.3) is 0 Å². The highest BCUT2D eigenvalue weighted by Crippen LogP contribution is 2.29. The van der Waals surface area contributed by atoms with E-state index in [0.29, 0.717) is 12.3 Å². The van der Waals surface area contributed by atoms with Crippen LogP contribution in [-0.2, 0) is 0 Å². The molecule has 1 heterocycles. The van der Waals surface area contributed by atoms with Crippen molar-refractivity contribution in [1.29, 1.82) is 0 Å². The van der Waals surface area contributed by atoms with Crippen molar-refractivity contribution in [2.24, 2.45) is 5.92 Å². The number of fused-ring (bicyclic) bond motifs is 1. The maximum atomic E-state index is 12.0. The molecule has 80 valence electrons. The standard InChI is InChI=1S/C14H13NO/c16-14-9-13(10-5-1-2-6-10)15-12-8-4-3-7-11(12)14/h1-8,10,13,15H,9H2. The van der Waals surface area contributed by atoms with Crippen molar-refractivity contribution >= 4 is 11.5 Å². The zero-order chi connectivity index (χ0) is 11.0. The maximum Gasteiger partial charge on any atom is 0.167 e. The number of allylic oxidation sites excluding steroid dienone is 2. The van der Waals surface area contributed by atoms with Crippen LogP contribution in [0.5, 0.6) is 0 Å². The highest BCUT2D eigenvalue weighted by Gasteiger charge is 2.28. The third-order valence-corrected chi connectivity index (χ3v) is 3.22. The van der Waals surface area contributed by atoms with Gasteiger partial charge in [-0.05, 0) is 12.1 Å². The van der Waals surface area contributed by atoms with Gasteiger partial charge in [0.2, 0.25) is 0 Å². The molecule has 1 aromatic carbocycles. The van der Waals surface area contributed by atoms with Gasteiger partial charge in [0, 0.05) is 29.6 Å². The Kier molecular flexibility index (Phi) is 2.13. The third kappa shape index (κ3) is 1.47. The molecular weight excluding hydrogens is 198 g/mol. The number of para-hydroxylation sites is 1. The van der Waals surface area contributed by atoms with E-state index >= 15 is 0 Å². The number of benzene rings is 1. The molecule has 0 spiro atoms. The number of carbonyl (C=O) groups excluding carboxylic acids is 1.